The molecule has 0 bridgehead atoms. The van der Waals surface area contributed by atoms with Crippen molar-refractivity contribution in [3.05, 3.63) is 65.0 Å². The Hall–Kier alpha value is -1.87. The zero-order chi connectivity index (χ0) is 14.1. The molecule has 2 nitrogen and oxygen atoms in total. The van der Waals surface area contributed by atoms with Gasteiger partial charge in [-0.25, -0.2) is 4.39 Å². The van der Waals surface area contributed by atoms with Crippen LogP contribution in [-0.2, 0) is 6.42 Å². The number of hydrogen-bond acceptors (Lipinski definition) is 2. The Morgan fingerprint density at radius 2 is 2.10 bits per heavy atom. The molecule has 1 unspecified atom stereocenters. The minimum absolute atomic E-state index is 0.0517. The quantitative estimate of drug-likeness (QED) is 0.928. The van der Waals surface area contributed by atoms with Gasteiger partial charge in [0.15, 0.2) is 0 Å². The first-order chi connectivity index (χ1) is 9.63. The maximum atomic E-state index is 13.4. The summed E-state index contributed by atoms with van der Waals surface area (Å²) in [7, 11) is 0. The molecule has 3 rings (SSSR count). The van der Waals surface area contributed by atoms with Crippen molar-refractivity contribution in [2.75, 3.05) is 18.0 Å². The Balaban J connectivity index is 1.78. The molecular formula is C17H19FN2. The molecule has 0 saturated carbocycles. The van der Waals surface area contributed by atoms with Gasteiger partial charge >= 0.3 is 0 Å². The lowest BCUT2D eigenvalue weighted by molar-refractivity contribution is 0.626. The Bertz CT molecular complexity index is 624. The van der Waals surface area contributed by atoms with Gasteiger partial charge < -0.3 is 10.6 Å². The van der Waals surface area contributed by atoms with E-state index in [9.17, 15) is 4.39 Å². The highest BCUT2D eigenvalue weighted by atomic mass is 19.1. The summed E-state index contributed by atoms with van der Waals surface area (Å²) in [6, 6.07) is 13.2. The zero-order valence-electron chi connectivity index (χ0n) is 11.6. The lowest BCUT2D eigenvalue weighted by Gasteiger charge is -2.24. The van der Waals surface area contributed by atoms with E-state index in [1.807, 2.05) is 12.1 Å². The van der Waals surface area contributed by atoms with E-state index in [1.165, 1.54) is 17.2 Å². The highest BCUT2D eigenvalue weighted by molar-refractivity contribution is 5.58. The summed E-state index contributed by atoms with van der Waals surface area (Å²) >= 11 is 0. The first-order valence-electron chi connectivity index (χ1n) is 6.99. The van der Waals surface area contributed by atoms with Gasteiger partial charge in [0.25, 0.3) is 0 Å². The van der Waals surface area contributed by atoms with E-state index >= 15 is 0 Å². The molecule has 0 aromatic heterocycles. The van der Waals surface area contributed by atoms with Crippen molar-refractivity contribution in [1.82, 2.24) is 0 Å². The highest BCUT2D eigenvalue weighted by Crippen LogP contribution is 2.30. The van der Waals surface area contributed by atoms with Gasteiger partial charge in [0.1, 0.15) is 5.82 Å². The predicted molar refractivity (Wildman–Crippen MR) is 80.4 cm³/mol. The number of fused-ring (bicyclic) bond motifs is 1. The van der Waals surface area contributed by atoms with Gasteiger partial charge in [-0.3, -0.25) is 0 Å². The van der Waals surface area contributed by atoms with Crippen LogP contribution in [0.15, 0.2) is 42.5 Å². The maximum Gasteiger partial charge on any atom is 0.125 e. The standard InChI is InChI=1S/C17H19FN2/c1-12-3-2-4-14(9-12)16(19)11-20-8-7-13-5-6-15(18)10-17(13)20/h2-6,9-10,16H,7-8,11,19H2,1H3. The summed E-state index contributed by atoms with van der Waals surface area (Å²) in [6.07, 6.45) is 0.968. The molecule has 20 heavy (non-hydrogen) atoms. The average molecular weight is 270 g/mol. The fourth-order valence-corrected chi connectivity index (χ4v) is 2.85. The molecule has 0 amide bonds. The van der Waals surface area contributed by atoms with E-state index in [-0.39, 0.29) is 11.9 Å². The third kappa shape index (κ3) is 2.54. The average Bonchev–Trinajstić information content (AvgIpc) is 2.81. The molecule has 0 aliphatic carbocycles. The molecule has 104 valence electrons. The first kappa shape index (κ1) is 13.1. The molecule has 0 spiro atoms. The number of hydrogen-bond donors (Lipinski definition) is 1. The van der Waals surface area contributed by atoms with Gasteiger partial charge in [0, 0.05) is 24.8 Å². The van der Waals surface area contributed by atoms with Gasteiger partial charge in [0.05, 0.1) is 0 Å². The van der Waals surface area contributed by atoms with E-state index in [2.05, 4.69) is 30.0 Å². The number of rotatable bonds is 3. The largest absolute Gasteiger partial charge is 0.369 e. The van der Waals surface area contributed by atoms with E-state index in [0.717, 1.165) is 30.8 Å². The van der Waals surface area contributed by atoms with Crippen LogP contribution in [0.2, 0.25) is 0 Å². The second-order valence-electron chi connectivity index (χ2n) is 5.49. The highest BCUT2D eigenvalue weighted by Gasteiger charge is 2.21. The number of benzene rings is 2. The van der Waals surface area contributed by atoms with Crippen LogP contribution in [0.5, 0.6) is 0 Å². The van der Waals surface area contributed by atoms with Gasteiger partial charge in [-0.05, 0) is 36.6 Å². The first-order valence-corrected chi connectivity index (χ1v) is 6.99. The fourth-order valence-electron chi connectivity index (χ4n) is 2.85. The van der Waals surface area contributed by atoms with Crippen LogP contribution >= 0.6 is 0 Å². The maximum absolute atomic E-state index is 13.4. The Labute approximate surface area is 119 Å². The summed E-state index contributed by atoms with van der Waals surface area (Å²) in [5.41, 5.74) is 10.9. The van der Waals surface area contributed by atoms with Crippen LogP contribution in [0, 0.1) is 12.7 Å². The molecular weight excluding hydrogens is 251 g/mol. The van der Waals surface area contributed by atoms with Crippen molar-refractivity contribution >= 4 is 5.69 Å². The number of anilines is 1. The van der Waals surface area contributed by atoms with Crippen molar-refractivity contribution in [3.63, 3.8) is 0 Å². The normalized spacial score (nSPS) is 15.2. The summed E-state index contributed by atoms with van der Waals surface area (Å²) in [5, 5.41) is 0. The molecule has 1 aliphatic rings. The number of nitrogens with zero attached hydrogens (tertiary/aromatic N) is 1. The number of aryl methyl sites for hydroxylation is 1. The summed E-state index contributed by atoms with van der Waals surface area (Å²) in [5.74, 6) is -0.181. The van der Waals surface area contributed by atoms with E-state index in [0.29, 0.717) is 0 Å². The van der Waals surface area contributed by atoms with Crippen molar-refractivity contribution < 1.29 is 4.39 Å². The van der Waals surface area contributed by atoms with E-state index in [1.54, 1.807) is 6.07 Å². The van der Waals surface area contributed by atoms with Gasteiger partial charge in [0.2, 0.25) is 0 Å². The van der Waals surface area contributed by atoms with Crippen molar-refractivity contribution in [2.24, 2.45) is 5.73 Å². The van der Waals surface area contributed by atoms with Crippen molar-refractivity contribution in [3.8, 4) is 0 Å². The molecule has 0 fully saturated rings. The van der Waals surface area contributed by atoms with Crippen LogP contribution in [0.1, 0.15) is 22.7 Å². The SMILES string of the molecule is Cc1cccc(C(N)CN2CCc3ccc(F)cc32)c1. The van der Waals surface area contributed by atoms with Gasteiger partial charge in [-0.2, -0.15) is 0 Å². The fraction of sp³-hybridized carbons (Fsp3) is 0.294. The lowest BCUT2D eigenvalue weighted by Crippen LogP contribution is -2.30. The second kappa shape index (κ2) is 5.25. The minimum atomic E-state index is -0.181. The second-order valence-corrected chi connectivity index (χ2v) is 5.49. The third-order valence-corrected chi connectivity index (χ3v) is 3.93. The molecule has 3 heteroatoms. The lowest BCUT2D eigenvalue weighted by atomic mass is 10.0. The molecule has 1 heterocycles. The Kier molecular flexibility index (Phi) is 3.45. The van der Waals surface area contributed by atoms with Gasteiger partial charge in [-0.15, -0.1) is 0 Å². The van der Waals surface area contributed by atoms with Crippen molar-refractivity contribution in [2.45, 2.75) is 19.4 Å². The molecule has 0 saturated heterocycles. The monoisotopic (exact) mass is 270 g/mol. The summed E-state index contributed by atoms with van der Waals surface area (Å²) < 4.78 is 13.4. The Morgan fingerprint density at radius 3 is 2.90 bits per heavy atom. The zero-order valence-corrected chi connectivity index (χ0v) is 11.6. The number of halogens is 1. The van der Waals surface area contributed by atoms with Crippen LogP contribution in [0.3, 0.4) is 0 Å². The van der Waals surface area contributed by atoms with E-state index < -0.39 is 0 Å². The summed E-state index contributed by atoms with van der Waals surface area (Å²) in [6.45, 7) is 3.70. The molecule has 1 atom stereocenters. The van der Waals surface area contributed by atoms with Crippen LogP contribution in [0.4, 0.5) is 10.1 Å². The predicted octanol–water partition coefficient (Wildman–Crippen LogP) is 3.20. The Morgan fingerprint density at radius 1 is 1.25 bits per heavy atom. The number of nitrogens with two attached hydrogens (primary N) is 1. The molecule has 1 aliphatic heterocycles. The smallest absolute Gasteiger partial charge is 0.125 e. The van der Waals surface area contributed by atoms with Crippen molar-refractivity contribution in [1.29, 1.82) is 0 Å². The van der Waals surface area contributed by atoms with Gasteiger partial charge in [-0.1, -0.05) is 35.9 Å². The molecule has 0 radical (unpaired) electrons. The van der Waals surface area contributed by atoms with Crippen LogP contribution in [-0.4, -0.2) is 13.1 Å². The summed E-state index contributed by atoms with van der Waals surface area (Å²) in [4.78, 5) is 2.19. The molecule has 2 aromatic rings. The topological polar surface area (TPSA) is 29.3 Å². The minimum Gasteiger partial charge on any atom is -0.369 e. The van der Waals surface area contributed by atoms with Crippen LogP contribution < -0.4 is 10.6 Å². The molecule has 2 N–H and O–H groups in total. The molecule has 2 aromatic carbocycles. The van der Waals surface area contributed by atoms with Crippen LogP contribution in [0.25, 0.3) is 0 Å². The van der Waals surface area contributed by atoms with E-state index in [4.69, 9.17) is 5.73 Å². The third-order valence-electron chi connectivity index (χ3n) is 3.93.